The number of rotatable bonds is 3. The number of carbonyl (C=O) groups is 1. The molecule has 0 bridgehead atoms. The summed E-state index contributed by atoms with van der Waals surface area (Å²) in [6.07, 6.45) is 1.59. The molecule has 144 valence electrons. The number of nitrogens with one attached hydrogen (secondary N) is 1. The van der Waals surface area contributed by atoms with Crippen molar-refractivity contribution in [3.05, 3.63) is 103 Å². The summed E-state index contributed by atoms with van der Waals surface area (Å²) in [5.41, 5.74) is 3.99. The SMILES string of the molecule is O=C(Nc1ccnc2ccc(F)cc12)c1cc(-c2ccccc2)nc2ccccc12. The van der Waals surface area contributed by atoms with Gasteiger partial charge in [-0.2, -0.15) is 0 Å². The molecule has 5 rings (SSSR count). The van der Waals surface area contributed by atoms with Gasteiger partial charge >= 0.3 is 0 Å². The number of fused-ring (bicyclic) bond motifs is 2. The first kappa shape index (κ1) is 17.9. The van der Waals surface area contributed by atoms with Crippen LogP contribution in [0.3, 0.4) is 0 Å². The molecule has 0 atom stereocenters. The van der Waals surface area contributed by atoms with Crippen LogP contribution < -0.4 is 5.32 Å². The Morgan fingerprint density at radius 2 is 1.60 bits per heavy atom. The van der Waals surface area contributed by atoms with Crippen molar-refractivity contribution in [3.8, 4) is 11.3 Å². The number of para-hydroxylation sites is 1. The van der Waals surface area contributed by atoms with Gasteiger partial charge in [0.25, 0.3) is 5.91 Å². The fourth-order valence-electron chi connectivity index (χ4n) is 3.54. The highest BCUT2D eigenvalue weighted by Gasteiger charge is 2.15. The minimum absolute atomic E-state index is 0.289. The predicted molar refractivity (Wildman–Crippen MR) is 117 cm³/mol. The van der Waals surface area contributed by atoms with E-state index in [9.17, 15) is 9.18 Å². The standard InChI is InChI=1S/C25H16FN3O/c26-17-10-11-21-20(14-17)23(12-13-27-21)29-25(30)19-15-24(16-6-2-1-3-7-16)28-22-9-5-4-8-18(19)22/h1-15H,(H,27,29,30). The van der Waals surface area contributed by atoms with Gasteiger partial charge in [-0.15, -0.1) is 0 Å². The van der Waals surface area contributed by atoms with Gasteiger partial charge in [-0.3, -0.25) is 9.78 Å². The molecule has 0 saturated heterocycles. The fraction of sp³-hybridized carbons (Fsp3) is 0. The summed E-state index contributed by atoms with van der Waals surface area (Å²) in [6.45, 7) is 0. The number of hydrogen-bond donors (Lipinski definition) is 1. The molecule has 0 aliphatic carbocycles. The molecule has 0 radical (unpaired) electrons. The Hall–Kier alpha value is -4.12. The maximum absolute atomic E-state index is 13.8. The third kappa shape index (κ3) is 3.26. The van der Waals surface area contributed by atoms with E-state index in [0.717, 1.165) is 16.5 Å². The molecule has 0 fully saturated rings. The highest BCUT2D eigenvalue weighted by molar-refractivity contribution is 6.15. The van der Waals surface area contributed by atoms with E-state index < -0.39 is 0 Å². The Morgan fingerprint density at radius 3 is 2.47 bits per heavy atom. The minimum atomic E-state index is -0.383. The third-order valence-electron chi connectivity index (χ3n) is 4.98. The zero-order chi connectivity index (χ0) is 20.5. The molecule has 5 aromatic rings. The molecule has 0 aliphatic heterocycles. The van der Waals surface area contributed by atoms with E-state index in [2.05, 4.69) is 10.3 Å². The lowest BCUT2D eigenvalue weighted by Gasteiger charge is -2.12. The lowest BCUT2D eigenvalue weighted by molar-refractivity contribution is 0.102. The van der Waals surface area contributed by atoms with Gasteiger partial charge in [0.15, 0.2) is 0 Å². The van der Waals surface area contributed by atoms with Gasteiger partial charge in [0, 0.05) is 22.5 Å². The van der Waals surface area contributed by atoms with Crippen LogP contribution in [0.25, 0.3) is 33.1 Å². The normalized spacial score (nSPS) is 11.0. The van der Waals surface area contributed by atoms with Crippen LogP contribution >= 0.6 is 0 Å². The second-order valence-electron chi connectivity index (χ2n) is 6.91. The van der Waals surface area contributed by atoms with Gasteiger partial charge in [0.1, 0.15) is 5.82 Å². The molecule has 0 unspecified atom stereocenters. The van der Waals surface area contributed by atoms with E-state index in [1.54, 1.807) is 24.4 Å². The number of aromatic nitrogens is 2. The molecule has 5 heteroatoms. The van der Waals surface area contributed by atoms with Crippen LogP contribution in [0, 0.1) is 5.82 Å². The van der Waals surface area contributed by atoms with E-state index in [-0.39, 0.29) is 11.7 Å². The number of amides is 1. The van der Waals surface area contributed by atoms with Gasteiger partial charge in [-0.25, -0.2) is 9.37 Å². The number of hydrogen-bond acceptors (Lipinski definition) is 3. The van der Waals surface area contributed by atoms with Crippen LogP contribution in [0.1, 0.15) is 10.4 Å². The molecular formula is C25H16FN3O. The average Bonchev–Trinajstić information content (AvgIpc) is 2.79. The van der Waals surface area contributed by atoms with Crippen molar-refractivity contribution >= 4 is 33.4 Å². The minimum Gasteiger partial charge on any atom is -0.321 e. The Bertz CT molecular complexity index is 1400. The number of carbonyl (C=O) groups excluding carboxylic acids is 1. The average molecular weight is 393 g/mol. The van der Waals surface area contributed by atoms with Crippen molar-refractivity contribution < 1.29 is 9.18 Å². The second kappa shape index (κ2) is 7.37. The van der Waals surface area contributed by atoms with Crippen LogP contribution in [-0.2, 0) is 0 Å². The van der Waals surface area contributed by atoms with Gasteiger partial charge in [0.05, 0.1) is 28.0 Å². The number of pyridine rings is 2. The smallest absolute Gasteiger partial charge is 0.256 e. The molecule has 0 spiro atoms. The van der Waals surface area contributed by atoms with E-state index in [4.69, 9.17) is 4.98 Å². The van der Waals surface area contributed by atoms with Gasteiger partial charge < -0.3 is 5.32 Å². The van der Waals surface area contributed by atoms with Crippen molar-refractivity contribution in [2.75, 3.05) is 5.32 Å². The third-order valence-corrected chi connectivity index (χ3v) is 4.98. The molecule has 0 saturated carbocycles. The van der Waals surface area contributed by atoms with Crippen molar-refractivity contribution in [3.63, 3.8) is 0 Å². The highest BCUT2D eigenvalue weighted by Crippen LogP contribution is 2.27. The van der Waals surface area contributed by atoms with E-state index in [1.165, 1.54) is 12.1 Å². The Balaban J connectivity index is 1.62. The summed E-state index contributed by atoms with van der Waals surface area (Å²) in [5.74, 6) is -0.672. The van der Waals surface area contributed by atoms with Gasteiger partial charge in [-0.1, -0.05) is 48.5 Å². The van der Waals surface area contributed by atoms with Gasteiger partial charge in [0.2, 0.25) is 0 Å². The van der Waals surface area contributed by atoms with Crippen LogP contribution in [0.5, 0.6) is 0 Å². The summed E-state index contributed by atoms with van der Waals surface area (Å²) >= 11 is 0. The Labute approximate surface area is 172 Å². The van der Waals surface area contributed by atoms with Crippen molar-refractivity contribution in [2.45, 2.75) is 0 Å². The summed E-state index contributed by atoms with van der Waals surface area (Å²) in [7, 11) is 0. The molecule has 3 aromatic carbocycles. The lowest BCUT2D eigenvalue weighted by Crippen LogP contribution is -2.13. The molecule has 1 amide bonds. The summed E-state index contributed by atoms with van der Waals surface area (Å²) < 4.78 is 13.8. The summed E-state index contributed by atoms with van der Waals surface area (Å²) in [4.78, 5) is 22.2. The number of anilines is 1. The zero-order valence-corrected chi connectivity index (χ0v) is 15.8. The summed E-state index contributed by atoms with van der Waals surface area (Å²) in [6, 6.07) is 25.0. The first-order valence-electron chi connectivity index (χ1n) is 9.50. The van der Waals surface area contributed by atoms with Gasteiger partial charge in [-0.05, 0) is 36.4 Å². The van der Waals surface area contributed by atoms with E-state index in [1.807, 2.05) is 54.6 Å². The first-order chi connectivity index (χ1) is 14.7. The number of nitrogens with zero attached hydrogens (tertiary/aromatic N) is 2. The maximum atomic E-state index is 13.8. The van der Waals surface area contributed by atoms with Crippen LogP contribution in [0.2, 0.25) is 0 Å². The van der Waals surface area contributed by atoms with Crippen molar-refractivity contribution in [1.29, 1.82) is 0 Å². The molecule has 2 aromatic heterocycles. The van der Waals surface area contributed by atoms with Crippen LogP contribution in [0.15, 0.2) is 91.1 Å². The molecule has 4 nitrogen and oxygen atoms in total. The van der Waals surface area contributed by atoms with Crippen molar-refractivity contribution in [2.24, 2.45) is 0 Å². The Kier molecular flexibility index (Phi) is 4.41. The second-order valence-corrected chi connectivity index (χ2v) is 6.91. The molecule has 2 heterocycles. The zero-order valence-electron chi connectivity index (χ0n) is 15.8. The largest absolute Gasteiger partial charge is 0.321 e. The highest BCUT2D eigenvalue weighted by atomic mass is 19.1. The topological polar surface area (TPSA) is 54.9 Å². The van der Waals surface area contributed by atoms with Crippen LogP contribution in [0.4, 0.5) is 10.1 Å². The Morgan fingerprint density at radius 1 is 0.800 bits per heavy atom. The lowest BCUT2D eigenvalue weighted by atomic mass is 10.0. The predicted octanol–water partition coefficient (Wildman–Crippen LogP) is 5.84. The quantitative estimate of drug-likeness (QED) is 0.419. The fourth-order valence-corrected chi connectivity index (χ4v) is 3.54. The first-order valence-corrected chi connectivity index (χ1v) is 9.50. The number of benzene rings is 3. The van der Waals surface area contributed by atoms with Crippen LogP contribution in [-0.4, -0.2) is 15.9 Å². The van der Waals surface area contributed by atoms with E-state index >= 15 is 0 Å². The maximum Gasteiger partial charge on any atom is 0.256 e. The molecular weight excluding hydrogens is 377 g/mol. The molecule has 0 aliphatic rings. The monoisotopic (exact) mass is 393 g/mol. The molecule has 1 N–H and O–H groups in total. The van der Waals surface area contributed by atoms with E-state index in [0.29, 0.717) is 27.8 Å². The summed E-state index contributed by atoms with van der Waals surface area (Å²) in [5, 5.41) is 4.22. The van der Waals surface area contributed by atoms with Crippen molar-refractivity contribution in [1.82, 2.24) is 9.97 Å². The molecule has 30 heavy (non-hydrogen) atoms. The number of halogens is 1.